The number of hydrogen-bond donors (Lipinski definition) is 1. The molecule has 1 aliphatic carbocycles. The maximum atomic E-state index is 13.2. The topological polar surface area (TPSA) is 24.9 Å². The number of aromatic nitrogens is 1. The van der Waals surface area contributed by atoms with E-state index in [1.165, 1.54) is 31.7 Å². The van der Waals surface area contributed by atoms with Gasteiger partial charge in [0.15, 0.2) is 0 Å². The summed E-state index contributed by atoms with van der Waals surface area (Å²) in [6.07, 6.45) is 6.66. The Labute approximate surface area is 83.6 Å². The summed E-state index contributed by atoms with van der Waals surface area (Å²) < 4.78 is 13.2. The van der Waals surface area contributed by atoms with E-state index >= 15 is 0 Å². The molecule has 0 unspecified atom stereocenters. The first-order chi connectivity index (χ1) is 6.86. The Kier molecular flexibility index (Phi) is 3.09. The van der Waals surface area contributed by atoms with Crippen LogP contribution >= 0.6 is 0 Å². The molecule has 0 spiro atoms. The second-order valence-electron chi connectivity index (χ2n) is 3.79. The molecule has 0 aliphatic heterocycles. The second-order valence-corrected chi connectivity index (χ2v) is 3.79. The van der Waals surface area contributed by atoms with Crippen molar-refractivity contribution in [2.75, 3.05) is 0 Å². The number of rotatable bonds is 3. The highest BCUT2D eigenvalue weighted by atomic mass is 19.1. The molecule has 1 aromatic rings. The summed E-state index contributed by atoms with van der Waals surface area (Å²) in [7, 11) is 0. The van der Waals surface area contributed by atoms with Gasteiger partial charge in [-0.25, -0.2) is 4.39 Å². The number of nitrogens with one attached hydrogen (secondary N) is 1. The van der Waals surface area contributed by atoms with Crippen LogP contribution in [0.1, 0.15) is 31.4 Å². The zero-order valence-electron chi connectivity index (χ0n) is 8.17. The molecule has 0 amide bonds. The van der Waals surface area contributed by atoms with E-state index in [2.05, 4.69) is 10.3 Å². The Hall–Kier alpha value is -0.960. The van der Waals surface area contributed by atoms with Gasteiger partial charge in [0.25, 0.3) is 0 Å². The van der Waals surface area contributed by atoms with Crippen molar-refractivity contribution in [1.29, 1.82) is 0 Å². The van der Waals surface area contributed by atoms with Gasteiger partial charge in [-0.15, -0.1) is 0 Å². The lowest BCUT2D eigenvalue weighted by molar-refractivity contribution is 0.501. The lowest BCUT2D eigenvalue weighted by Crippen LogP contribution is -2.26. The number of hydrogen-bond acceptors (Lipinski definition) is 2. The van der Waals surface area contributed by atoms with E-state index in [-0.39, 0.29) is 5.82 Å². The van der Waals surface area contributed by atoms with Crippen LogP contribution in [0.2, 0.25) is 0 Å². The van der Waals surface area contributed by atoms with Gasteiger partial charge in [-0.2, -0.15) is 0 Å². The Morgan fingerprint density at radius 1 is 1.43 bits per heavy atom. The normalized spacial score (nSPS) is 17.5. The lowest BCUT2D eigenvalue weighted by Gasteiger charge is -2.11. The molecule has 0 radical (unpaired) electrons. The fourth-order valence-corrected chi connectivity index (χ4v) is 1.92. The smallest absolute Gasteiger partial charge is 0.146 e. The van der Waals surface area contributed by atoms with Gasteiger partial charge < -0.3 is 5.32 Å². The SMILES string of the molecule is Fc1cccnc1CNC1CCCC1. The van der Waals surface area contributed by atoms with Crippen LogP contribution in [0.25, 0.3) is 0 Å². The third-order valence-electron chi connectivity index (χ3n) is 2.75. The minimum atomic E-state index is -0.210. The largest absolute Gasteiger partial charge is 0.308 e. The molecule has 1 fully saturated rings. The molecule has 76 valence electrons. The number of nitrogens with zero attached hydrogens (tertiary/aromatic N) is 1. The van der Waals surface area contributed by atoms with Gasteiger partial charge in [-0.05, 0) is 25.0 Å². The van der Waals surface area contributed by atoms with E-state index in [0.717, 1.165) is 0 Å². The van der Waals surface area contributed by atoms with Crippen molar-refractivity contribution in [1.82, 2.24) is 10.3 Å². The Morgan fingerprint density at radius 2 is 2.21 bits per heavy atom. The predicted octanol–water partition coefficient (Wildman–Crippen LogP) is 2.25. The van der Waals surface area contributed by atoms with Crippen molar-refractivity contribution in [3.8, 4) is 0 Å². The molecule has 2 nitrogen and oxygen atoms in total. The van der Waals surface area contributed by atoms with Crippen molar-refractivity contribution in [3.63, 3.8) is 0 Å². The number of pyridine rings is 1. The minimum absolute atomic E-state index is 0.210. The molecule has 0 bridgehead atoms. The van der Waals surface area contributed by atoms with E-state index < -0.39 is 0 Å². The molecule has 0 atom stereocenters. The second kappa shape index (κ2) is 4.51. The quantitative estimate of drug-likeness (QED) is 0.798. The standard InChI is InChI=1S/C11H15FN2/c12-10-6-3-7-13-11(10)8-14-9-4-1-2-5-9/h3,6-7,9,14H,1-2,4-5,8H2. The molecule has 1 N–H and O–H groups in total. The summed E-state index contributed by atoms with van der Waals surface area (Å²) in [6.45, 7) is 0.553. The first kappa shape index (κ1) is 9.59. The average molecular weight is 194 g/mol. The summed E-state index contributed by atoms with van der Waals surface area (Å²) in [5, 5.41) is 3.34. The lowest BCUT2D eigenvalue weighted by atomic mass is 10.2. The highest BCUT2D eigenvalue weighted by Crippen LogP contribution is 2.18. The molecular weight excluding hydrogens is 179 g/mol. The molecule has 0 aromatic carbocycles. The van der Waals surface area contributed by atoms with E-state index in [9.17, 15) is 4.39 Å². The highest BCUT2D eigenvalue weighted by Gasteiger charge is 2.14. The molecule has 14 heavy (non-hydrogen) atoms. The van der Waals surface area contributed by atoms with Gasteiger partial charge in [0.05, 0.1) is 5.69 Å². The van der Waals surface area contributed by atoms with Crippen LogP contribution in [-0.4, -0.2) is 11.0 Å². The molecule has 1 heterocycles. The predicted molar refractivity (Wildman–Crippen MR) is 53.3 cm³/mol. The van der Waals surface area contributed by atoms with Gasteiger partial charge in [0.2, 0.25) is 0 Å². The molecule has 1 saturated carbocycles. The van der Waals surface area contributed by atoms with E-state index in [1.54, 1.807) is 12.3 Å². The average Bonchev–Trinajstić information content (AvgIpc) is 2.69. The zero-order valence-corrected chi connectivity index (χ0v) is 8.17. The molecule has 0 saturated heterocycles. The summed E-state index contributed by atoms with van der Waals surface area (Å²) in [5.41, 5.74) is 0.527. The summed E-state index contributed by atoms with van der Waals surface area (Å²) in [6, 6.07) is 3.64. The maximum Gasteiger partial charge on any atom is 0.146 e. The van der Waals surface area contributed by atoms with Crippen LogP contribution in [-0.2, 0) is 6.54 Å². The van der Waals surface area contributed by atoms with Gasteiger partial charge >= 0.3 is 0 Å². The third kappa shape index (κ3) is 2.29. The van der Waals surface area contributed by atoms with E-state index in [4.69, 9.17) is 0 Å². The Balaban J connectivity index is 1.88. The van der Waals surface area contributed by atoms with E-state index in [1.807, 2.05) is 0 Å². The molecule has 2 rings (SSSR count). The van der Waals surface area contributed by atoms with Crippen LogP contribution in [0, 0.1) is 5.82 Å². The fraction of sp³-hybridized carbons (Fsp3) is 0.545. The van der Waals surface area contributed by atoms with Gasteiger partial charge in [0, 0.05) is 18.8 Å². The van der Waals surface area contributed by atoms with Gasteiger partial charge in [0.1, 0.15) is 5.82 Å². The van der Waals surface area contributed by atoms with Crippen LogP contribution in [0.15, 0.2) is 18.3 Å². The summed E-state index contributed by atoms with van der Waals surface area (Å²) in [4.78, 5) is 4.00. The zero-order chi connectivity index (χ0) is 9.80. The Morgan fingerprint density at radius 3 is 2.93 bits per heavy atom. The molecular formula is C11H15FN2. The maximum absolute atomic E-state index is 13.2. The van der Waals surface area contributed by atoms with Crippen molar-refractivity contribution >= 4 is 0 Å². The minimum Gasteiger partial charge on any atom is -0.308 e. The van der Waals surface area contributed by atoms with Crippen LogP contribution in [0.5, 0.6) is 0 Å². The van der Waals surface area contributed by atoms with Crippen LogP contribution < -0.4 is 5.32 Å². The van der Waals surface area contributed by atoms with E-state index in [0.29, 0.717) is 18.3 Å². The first-order valence-electron chi connectivity index (χ1n) is 5.19. The van der Waals surface area contributed by atoms with Crippen molar-refractivity contribution < 1.29 is 4.39 Å². The number of halogens is 1. The summed E-state index contributed by atoms with van der Waals surface area (Å²) in [5.74, 6) is -0.210. The van der Waals surface area contributed by atoms with Gasteiger partial charge in [-0.1, -0.05) is 12.8 Å². The van der Waals surface area contributed by atoms with Gasteiger partial charge in [-0.3, -0.25) is 4.98 Å². The molecule has 1 aromatic heterocycles. The van der Waals surface area contributed by atoms with Crippen LogP contribution in [0.4, 0.5) is 4.39 Å². The van der Waals surface area contributed by atoms with Crippen molar-refractivity contribution in [2.24, 2.45) is 0 Å². The van der Waals surface area contributed by atoms with Crippen molar-refractivity contribution in [2.45, 2.75) is 38.3 Å². The van der Waals surface area contributed by atoms with Crippen molar-refractivity contribution in [3.05, 3.63) is 29.8 Å². The summed E-state index contributed by atoms with van der Waals surface area (Å²) >= 11 is 0. The monoisotopic (exact) mass is 194 g/mol. The van der Waals surface area contributed by atoms with Crippen LogP contribution in [0.3, 0.4) is 0 Å². The fourth-order valence-electron chi connectivity index (χ4n) is 1.92. The molecule has 3 heteroatoms. The third-order valence-corrected chi connectivity index (χ3v) is 2.75. The highest BCUT2D eigenvalue weighted by molar-refractivity contribution is 5.06. The first-order valence-corrected chi connectivity index (χ1v) is 5.19. The Bertz CT molecular complexity index is 295. The molecule has 1 aliphatic rings.